The van der Waals surface area contributed by atoms with Gasteiger partial charge in [-0.1, -0.05) is 23.8 Å². The van der Waals surface area contributed by atoms with Gasteiger partial charge in [-0.3, -0.25) is 0 Å². The summed E-state index contributed by atoms with van der Waals surface area (Å²) in [4.78, 5) is 0. The molecule has 0 saturated heterocycles. The highest BCUT2D eigenvalue weighted by molar-refractivity contribution is 5.31. The number of fused-ring (bicyclic) bond motifs is 1. The monoisotopic (exact) mass is 235 g/mol. The fourth-order valence-electron chi connectivity index (χ4n) is 2.10. The van der Waals surface area contributed by atoms with Gasteiger partial charge in [-0.25, -0.2) is 0 Å². The number of rotatable bonds is 3. The highest BCUT2D eigenvalue weighted by Crippen LogP contribution is 2.28. The van der Waals surface area contributed by atoms with Crippen LogP contribution in [0.5, 0.6) is 0 Å². The SMILES string of the molecule is Cc1ccc2c(c1)COC(C)(CCCN)OC2. The van der Waals surface area contributed by atoms with Crippen molar-refractivity contribution >= 4 is 0 Å². The summed E-state index contributed by atoms with van der Waals surface area (Å²) in [5.41, 5.74) is 9.26. The van der Waals surface area contributed by atoms with Gasteiger partial charge in [-0.15, -0.1) is 0 Å². The van der Waals surface area contributed by atoms with E-state index in [1.54, 1.807) is 0 Å². The van der Waals surface area contributed by atoms with Gasteiger partial charge in [0.2, 0.25) is 0 Å². The summed E-state index contributed by atoms with van der Waals surface area (Å²) in [5.74, 6) is -0.494. The van der Waals surface area contributed by atoms with Crippen LogP contribution < -0.4 is 5.73 Å². The third-order valence-electron chi connectivity index (χ3n) is 3.26. The molecule has 0 fully saturated rings. The Balaban J connectivity index is 2.10. The number of nitrogens with two attached hydrogens (primary N) is 1. The van der Waals surface area contributed by atoms with E-state index >= 15 is 0 Å². The molecule has 1 unspecified atom stereocenters. The lowest BCUT2D eigenvalue weighted by Gasteiger charge is -2.27. The molecule has 1 atom stereocenters. The van der Waals surface area contributed by atoms with Crippen molar-refractivity contribution in [1.82, 2.24) is 0 Å². The van der Waals surface area contributed by atoms with E-state index in [0.29, 0.717) is 19.8 Å². The molecule has 1 aromatic carbocycles. The van der Waals surface area contributed by atoms with Gasteiger partial charge in [0, 0.05) is 6.42 Å². The van der Waals surface area contributed by atoms with Gasteiger partial charge >= 0.3 is 0 Å². The normalized spacial score (nSPS) is 24.2. The first kappa shape index (κ1) is 12.6. The smallest absolute Gasteiger partial charge is 0.166 e. The summed E-state index contributed by atoms with van der Waals surface area (Å²) in [5, 5.41) is 0. The van der Waals surface area contributed by atoms with Crippen LogP contribution in [0.4, 0.5) is 0 Å². The molecule has 94 valence electrons. The van der Waals surface area contributed by atoms with Crippen LogP contribution >= 0.6 is 0 Å². The molecule has 0 aromatic heterocycles. The third-order valence-corrected chi connectivity index (χ3v) is 3.26. The van der Waals surface area contributed by atoms with Crippen LogP contribution in [0.1, 0.15) is 36.5 Å². The van der Waals surface area contributed by atoms with Crippen LogP contribution in [-0.4, -0.2) is 12.3 Å². The molecular weight excluding hydrogens is 214 g/mol. The van der Waals surface area contributed by atoms with Crippen LogP contribution in [-0.2, 0) is 22.7 Å². The van der Waals surface area contributed by atoms with E-state index in [2.05, 4.69) is 25.1 Å². The Morgan fingerprint density at radius 2 is 1.94 bits per heavy atom. The molecule has 1 aromatic rings. The Morgan fingerprint density at radius 1 is 1.24 bits per heavy atom. The van der Waals surface area contributed by atoms with Crippen LogP contribution in [0.15, 0.2) is 18.2 Å². The van der Waals surface area contributed by atoms with Crippen molar-refractivity contribution < 1.29 is 9.47 Å². The van der Waals surface area contributed by atoms with E-state index < -0.39 is 5.79 Å². The lowest BCUT2D eigenvalue weighted by molar-refractivity contribution is -0.236. The van der Waals surface area contributed by atoms with Gasteiger partial charge in [-0.05, 0) is 37.9 Å². The number of hydrogen-bond donors (Lipinski definition) is 1. The first-order valence-corrected chi connectivity index (χ1v) is 6.19. The molecule has 1 aliphatic rings. The predicted octanol–water partition coefficient (Wildman–Crippen LogP) is 2.50. The molecule has 17 heavy (non-hydrogen) atoms. The minimum absolute atomic E-state index is 0.494. The molecule has 0 spiro atoms. The van der Waals surface area contributed by atoms with Crippen LogP contribution in [0.25, 0.3) is 0 Å². The topological polar surface area (TPSA) is 44.5 Å². The van der Waals surface area contributed by atoms with Gasteiger partial charge < -0.3 is 15.2 Å². The Hall–Kier alpha value is -0.900. The van der Waals surface area contributed by atoms with Gasteiger partial charge in [-0.2, -0.15) is 0 Å². The molecule has 2 N–H and O–H groups in total. The van der Waals surface area contributed by atoms with Gasteiger partial charge in [0.1, 0.15) is 0 Å². The van der Waals surface area contributed by atoms with Crippen molar-refractivity contribution in [2.24, 2.45) is 5.73 Å². The maximum atomic E-state index is 5.90. The van der Waals surface area contributed by atoms with Crippen molar-refractivity contribution in [2.75, 3.05) is 6.54 Å². The summed E-state index contributed by atoms with van der Waals surface area (Å²) >= 11 is 0. The average molecular weight is 235 g/mol. The van der Waals surface area contributed by atoms with Crippen molar-refractivity contribution in [3.63, 3.8) is 0 Å². The molecule has 2 rings (SSSR count). The third kappa shape index (κ3) is 3.06. The quantitative estimate of drug-likeness (QED) is 0.875. The molecular formula is C14H21NO2. The maximum Gasteiger partial charge on any atom is 0.166 e. The second-order valence-corrected chi connectivity index (χ2v) is 4.88. The maximum absolute atomic E-state index is 5.90. The van der Waals surface area contributed by atoms with E-state index in [0.717, 1.165) is 12.8 Å². The number of benzene rings is 1. The van der Waals surface area contributed by atoms with E-state index in [1.165, 1.54) is 16.7 Å². The van der Waals surface area contributed by atoms with Crippen LogP contribution in [0.2, 0.25) is 0 Å². The van der Waals surface area contributed by atoms with Crippen molar-refractivity contribution in [3.8, 4) is 0 Å². The molecule has 3 nitrogen and oxygen atoms in total. The first-order chi connectivity index (χ1) is 8.13. The summed E-state index contributed by atoms with van der Waals surface area (Å²) in [7, 11) is 0. The standard InChI is InChI=1S/C14H21NO2/c1-11-4-5-12-9-16-14(2,6-3-7-15)17-10-13(12)8-11/h4-5,8H,3,6-7,9-10,15H2,1-2H3. The summed E-state index contributed by atoms with van der Waals surface area (Å²) in [6.45, 7) is 6.02. The number of ether oxygens (including phenoxy) is 2. The zero-order valence-electron chi connectivity index (χ0n) is 10.7. The fourth-order valence-corrected chi connectivity index (χ4v) is 2.10. The van der Waals surface area contributed by atoms with Crippen LogP contribution in [0.3, 0.4) is 0 Å². The second-order valence-electron chi connectivity index (χ2n) is 4.88. The van der Waals surface area contributed by atoms with Crippen molar-refractivity contribution in [3.05, 3.63) is 34.9 Å². The second kappa shape index (κ2) is 5.17. The summed E-state index contributed by atoms with van der Waals surface area (Å²) < 4.78 is 11.8. The largest absolute Gasteiger partial charge is 0.346 e. The zero-order valence-corrected chi connectivity index (χ0v) is 10.7. The minimum Gasteiger partial charge on any atom is -0.346 e. The average Bonchev–Trinajstić information content (AvgIpc) is 2.48. The number of aryl methyl sites for hydroxylation is 1. The fraction of sp³-hybridized carbons (Fsp3) is 0.571. The molecule has 0 saturated carbocycles. The molecule has 3 heteroatoms. The Bertz CT molecular complexity index is 392. The molecule has 0 aliphatic carbocycles. The molecule has 0 amide bonds. The molecule has 0 bridgehead atoms. The zero-order chi connectivity index (χ0) is 12.3. The first-order valence-electron chi connectivity index (χ1n) is 6.19. The summed E-state index contributed by atoms with van der Waals surface area (Å²) in [6, 6.07) is 6.42. The Morgan fingerprint density at radius 3 is 2.65 bits per heavy atom. The van der Waals surface area contributed by atoms with E-state index in [1.807, 2.05) is 6.92 Å². The van der Waals surface area contributed by atoms with Gasteiger partial charge in [0.05, 0.1) is 13.2 Å². The predicted molar refractivity (Wildman–Crippen MR) is 67.5 cm³/mol. The Kier molecular flexibility index (Phi) is 3.82. The van der Waals surface area contributed by atoms with E-state index in [9.17, 15) is 0 Å². The lowest BCUT2D eigenvalue weighted by Crippen LogP contribution is -2.31. The van der Waals surface area contributed by atoms with Crippen LogP contribution in [0, 0.1) is 6.92 Å². The molecule has 0 radical (unpaired) electrons. The Labute approximate surface area is 103 Å². The minimum atomic E-state index is -0.494. The molecule has 1 heterocycles. The van der Waals surface area contributed by atoms with Crippen molar-refractivity contribution in [1.29, 1.82) is 0 Å². The highest BCUT2D eigenvalue weighted by Gasteiger charge is 2.28. The van der Waals surface area contributed by atoms with Gasteiger partial charge in [0.15, 0.2) is 5.79 Å². The van der Waals surface area contributed by atoms with Gasteiger partial charge in [0.25, 0.3) is 0 Å². The molecule has 1 aliphatic heterocycles. The summed E-state index contributed by atoms with van der Waals surface area (Å²) in [6.07, 6.45) is 1.77. The van der Waals surface area contributed by atoms with E-state index in [4.69, 9.17) is 15.2 Å². The van der Waals surface area contributed by atoms with E-state index in [-0.39, 0.29) is 0 Å². The number of hydrogen-bond acceptors (Lipinski definition) is 3. The highest BCUT2D eigenvalue weighted by atomic mass is 16.7. The van der Waals surface area contributed by atoms with Crippen molar-refractivity contribution in [2.45, 2.75) is 45.7 Å². The lowest BCUT2D eigenvalue weighted by atomic mass is 10.1.